The second-order valence-electron chi connectivity index (χ2n) is 5.39. The third-order valence-corrected chi connectivity index (χ3v) is 4.66. The van der Waals surface area contributed by atoms with E-state index < -0.39 is 6.10 Å². The second-order valence-corrected chi connectivity index (χ2v) is 6.38. The van der Waals surface area contributed by atoms with Crippen LogP contribution in [0.2, 0.25) is 0 Å². The molecular weight excluding hydrogens is 322 g/mol. The topological polar surface area (TPSA) is 60.2 Å². The largest absolute Gasteiger partial charge is 0.491 e. The average Bonchev–Trinajstić information content (AvgIpc) is 3.04. The molecule has 0 aliphatic heterocycles. The van der Waals surface area contributed by atoms with Crippen LogP contribution < -0.4 is 4.74 Å². The van der Waals surface area contributed by atoms with Gasteiger partial charge in [-0.2, -0.15) is 0 Å². The van der Waals surface area contributed by atoms with Crippen LogP contribution in [-0.2, 0) is 7.05 Å². The van der Waals surface area contributed by atoms with Crippen molar-refractivity contribution in [2.45, 2.75) is 11.3 Å². The summed E-state index contributed by atoms with van der Waals surface area (Å²) in [6, 6.07) is 18.1. The summed E-state index contributed by atoms with van der Waals surface area (Å²) in [6.45, 7) is 0.246. The number of benzene rings is 2. The first-order valence-corrected chi connectivity index (χ1v) is 8.64. The molecule has 0 bridgehead atoms. The van der Waals surface area contributed by atoms with Gasteiger partial charge in [-0.1, -0.05) is 54.2 Å². The molecule has 0 aliphatic rings. The number of ether oxygens (including phenoxy) is 1. The predicted molar refractivity (Wildman–Crippen MR) is 95.1 cm³/mol. The molecule has 3 rings (SSSR count). The minimum atomic E-state index is -0.569. The van der Waals surface area contributed by atoms with E-state index in [-0.39, 0.29) is 6.61 Å². The van der Waals surface area contributed by atoms with Crippen molar-refractivity contribution in [1.82, 2.24) is 14.8 Å². The van der Waals surface area contributed by atoms with Crippen molar-refractivity contribution < 1.29 is 9.84 Å². The van der Waals surface area contributed by atoms with Gasteiger partial charge in [0.05, 0.1) is 6.10 Å². The van der Waals surface area contributed by atoms with Gasteiger partial charge in [-0.05, 0) is 23.3 Å². The summed E-state index contributed by atoms with van der Waals surface area (Å²) < 4.78 is 7.47. The van der Waals surface area contributed by atoms with Gasteiger partial charge in [0.2, 0.25) is 0 Å². The van der Waals surface area contributed by atoms with Crippen molar-refractivity contribution in [3.63, 3.8) is 0 Å². The number of hydrogen-bond donors (Lipinski definition) is 1. The molecule has 1 heterocycles. The van der Waals surface area contributed by atoms with Crippen molar-refractivity contribution in [1.29, 1.82) is 0 Å². The highest BCUT2D eigenvalue weighted by Crippen LogP contribution is 2.22. The Kier molecular flexibility index (Phi) is 5.51. The molecule has 0 saturated heterocycles. The molecule has 3 aromatic rings. The fourth-order valence-corrected chi connectivity index (χ4v) is 2.98. The normalized spacial score (nSPS) is 12.1. The van der Waals surface area contributed by atoms with E-state index in [1.807, 2.05) is 54.1 Å². The highest BCUT2D eigenvalue weighted by atomic mass is 32.2. The molecule has 1 N–H and O–H groups in total. The van der Waals surface area contributed by atoms with Crippen LogP contribution in [0.4, 0.5) is 0 Å². The number of hydrogen-bond acceptors (Lipinski definition) is 5. The number of aryl methyl sites for hydroxylation is 1. The van der Waals surface area contributed by atoms with Crippen LogP contribution in [0, 0.1) is 0 Å². The molecule has 0 amide bonds. The quantitative estimate of drug-likeness (QED) is 0.670. The maximum Gasteiger partial charge on any atom is 0.190 e. The molecule has 6 heteroatoms. The zero-order valence-corrected chi connectivity index (χ0v) is 14.2. The van der Waals surface area contributed by atoms with Gasteiger partial charge in [-0.3, -0.25) is 0 Å². The molecular formula is C18H19N3O2S. The van der Waals surface area contributed by atoms with Crippen molar-refractivity contribution in [2.75, 3.05) is 12.4 Å². The van der Waals surface area contributed by atoms with Gasteiger partial charge < -0.3 is 14.4 Å². The summed E-state index contributed by atoms with van der Waals surface area (Å²) in [6.07, 6.45) is 1.07. The molecule has 5 nitrogen and oxygen atoms in total. The fourth-order valence-electron chi connectivity index (χ4n) is 2.19. The van der Waals surface area contributed by atoms with E-state index in [0.29, 0.717) is 5.75 Å². The van der Waals surface area contributed by atoms with Gasteiger partial charge >= 0.3 is 0 Å². The zero-order valence-electron chi connectivity index (χ0n) is 13.4. The highest BCUT2D eigenvalue weighted by Gasteiger charge is 2.09. The molecule has 1 atom stereocenters. The van der Waals surface area contributed by atoms with E-state index in [1.54, 1.807) is 6.33 Å². The lowest BCUT2D eigenvalue weighted by Gasteiger charge is -2.12. The first-order valence-electron chi connectivity index (χ1n) is 7.65. The molecule has 24 heavy (non-hydrogen) atoms. The standard InChI is InChI=1S/C18H19N3O2S/c1-21-13-19-20-18(21)24-12-16(22)11-23-17-9-7-15(8-10-17)14-5-3-2-4-6-14/h2-10,13,16,22H,11-12H2,1H3/t16-/m1/s1. The molecule has 0 radical (unpaired) electrons. The summed E-state index contributed by atoms with van der Waals surface area (Å²) in [5.74, 6) is 1.26. The Morgan fingerprint density at radius 1 is 1.08 bits per heavy atom. The van der Waals surface area contributed by atoms with Gasteiger partial charge in [0.1, 0.15) is 18.7 Å². The minimum absolute atomic E-state index is 0.246. The first-order chi connectivity index (χ1) is 11.7. The third kappa shape index (κ3) is 4.37. The van der Waals surface area contributed by atoms with Crippen LogP contribution >= 0.6 is 11.8 Å². The number of rotatable bonds is 7. The smallest absolute Gasteiger partial charge is 0.190 e. The molecule has 1 aromatic heterocycles. The second kappa shape index (κ2) is 7.99. The average molecular weight is 341 g/mol. The lowest BCUT2D eigenvalue weighted by molar-refractivity contribution is 0.126. The van der Waals surface area contributed by atoms with Gasteiger partial charge in [-0.15, -0.1) is 10.2 Å². The molecule has 0 saturated carbocycles. The molecule has 124 valence electrons. The third-order valence-electron chi connectivity index (χ3n) is 3.48. The number of aromatic nitrogens is 3. The Labute approximate surface area is 145 Å². The maximum atomic E-state index is 10.0. The van der Waals surface area contributed by atoms with E-state index in [9.17, 15) is 5.11 Å². The fraction of sp³-hybridized carbons (Fsp3) is 0.222. The number of nitrogens with zero attached hydrogens (tertiary/aromatic N) is 3. The van der Waals surface area contributed by atoms with E-state index in [4.69, 9.17) is 4.74 Å². The van der Waals surface area contributed by atoms with Gasteiger partial charge in [0.15, 0.2) is 5.16 Å². The lowest BCUT2D eigenvalue weighted by Crippen LogP contribution is -2.20. The SMILES string of the molecule is Cn1cnnc1SC[C@H](O)COc1ccc(-c2ccccc2)cc1. The highest BCUT2D eigenvalue weighted by molar-refractivity contribution is 7.99. The van der Waals surface area contributed by atoms with Crippen molar-refractivity contribution in [3.8, 4) is 16.9 Å². The van der Waals surface area contributed by atoms with Gasteiger partial charge in [0.25, 0.3) is 0 Å². The Hall–Kier alpha value is -2.31. The lowest BCUT2D eigenvalue weighted by atomic mass is 10.1. The summed E-state index contributed by atoms with van der Waals surface area (Å²) in [7, 11) is 1.87. The van der Waals surface area contributed by atoms with Crippen LogP contribution in [0.25, 0.3) is 11.1 Å². The van der Waals surface area contributed by atoms with Crippen LogP contribution in [0.1, 0.15) is 0 Å². The van der Waals surface area contributed by atoms with Gasteiger partial charge in [-0.25, -0.2) is 0 Å². The Bertz CT molecular complexity index is 759. The Morgan fingerprint density at radius 3 is 2.46 bits per heavy atom. The Balaban J connectivity index is 1.48. The predicted octanol–water partition coefficient (Wildman–Crippen LogP) is 3.01. The molecule has 2 aromatic carbocycles. The molecule has 0 unspecified atom stereocenters. The molecule has 0 fully saturated rings. The molecule has 0 spiro atoms. The zero-order chi connectivity index (χ0) is 16.8. The van der Waals surface area contributed by atoms with E-state index in [2.05, 4.69) is 22.3 Å². The van der Waals surface area contributed by atoms with E-state index in [0.717, 1.165) is 16.5 Å². The van der Waals surface area contributed by atoms with Crippen LogP contribution in [0.5, 0.6) is 5.75 Å². The monoisotopic (exact) mass is 341 g/mol. The van der Waals surface area contributed by atoms with Crippen LogP contribution in [0.3, 0.4) is 0 Å². The first kappa shape index (κ1) is 16.5. The van der Waals surface area contributed by atoms with Crippen molar-refractivity contribution in [2.24, 2.45) is 7.05 Å². The number of aliphatic hydroxyl groups is 1. The minimum Gasteiger partial charge on any atom is -0.491 e. The van der Waals surface area contributed by atoms with Crippen LogP contribution in [0.15, 0.2) is 66.1 Å². The molecule has 0 aliphatic carbocycles. The summed E-state index contributed by atoms with van der Waals surface area (Å²) >= 11 is 1.46. The van der Waals surface area contributed by atoms with E-state index in [1.165, 1.54) is 17.3 Å². The summed E-state index contributed by atoms with van der Waals surface area (Å²) in [5.41, 5.74) is 2.31. The van der Waals surface area contributed by atoms with Crippen LogP contribution in [-0.4, -0.2) is 38.3 Å². The van der Waals surface area contributed by atoms with Crippen molar-refractivity contribution >= 4 is 11.8 Å². The summed E-state index contributed by atoms with van der Waals surface area (Å²) in [4.78, 5) is 0. The van der Waals surface area contributed by atoms with E-state index >= 15 is 0 Å². The van der Waals surface area contributed by atoms with Gasteiger partial charge in [0, 0.05) is 12.8 Å². The number of aliphatic hydroxyl groups excluding tert-OH is 1. The summed E-state index contributed by atoms with van der Waals surface area (Å²) in [5, 5.41) is 18.6. The number of thioether (sulfide) groups is 1. The Morgan fingerprint density at radius 2 is 1.79 bits per heavy atom. The van der Waals surface area contributed by atoms with Crippen molar-refractivity contribution in [3.05, 3.63) is 60.9 Å². The maximum absolute atomic E-state index is 10.0.